The maximum absolute atomic E-state index is 12.8. The Kier molecular flexibility index (Phi) is 3.14. The van der Waals surface area contributed by atoms with Crippen molar-refractivity contribution in [3.8, 4) is 0 Å². The lowest BCUT2D eigenvalue weighted by Gasteiger charge is -2.03. The first-order chi connectivity index (χ1) is 7.65. The van der Waals surface area contributed by atoms with Crippen molar-refractivity contribution < 1.29 is 4.39 Å². The Balaban J connectivity index is 2.04. The van der Waals surface area contributed by atoms with Crippen LogP contribution in [0.4, 0.5) is 10.1 Å². The highest BCUT2D eigenvalue weighted by Crippen LogP contribution is 2.28. The van der Waals surface area contributed by atoms with Crippen molar-refractivity contribution in [1.29, 1.82) is 0 Å². The molecule has 0 spiro atoms. The number of aromatic nitrogens is 2. The molecule has 1 aromatic carbocycles. The molecule has 16 heavy (non-hydrogen) atoms. The largest absolute Gasteiger partial charge is 0.398 e. The number of thioether (sulfide) groups is 1. The smallest absolute Gasteiger partial charge is 0.125 e. The highest BCUT2D eigenvalue weighted by atomic mass is 32.2. The van der Waals surface area contributed by atoms with Gasteiger partial charge in [0.2, 0.25) is 0 Å². The molecule has 0 saturated heterocycles. The topological polar surface area (TPSA) is 43.8 Å². The molecule has 0 atom stereocenters. The third-order valence-electron chi connectivity index (χ3n) is 2.12. The summed E-state index contributed by atoms with van der Waals surface area (Å²) in [6.07, 6.45) is 3.76. The lowest BCUT2D eigenvalue weighted by molar-refractivity contribution is 0.627. The van der Waals surface area contributed by atoms with Gasteiger partial charge < -0.3 is 5.73 Å². The predicted molar refractivity (Wildman–Crippen MR) is 63.6 cm³/mol. The van der Waals surface area contributed by atoms with E-state index in [-0.39, 0.29) is 5.82 Å². The SMILES string of the molecule is Cn1cc(CSc2ccc(F)cc2N)cn1. The Labute approximate surface area is 97.5 Å². The van der Waals surface area contributed by atoms with E-state index in [4.69, 9.17) is 5.73 Å². The number of nitrogens with two attached hydrogens (primary N) is 1. The Morgan fingerprint density at radius 3 is 2.94 bits per heavy atom. The van der Waals surface area contributed by atoms with E-state index in [1.165, 1.54) is 12.1 Å². The summed E-state index contributed by atoms with van der Waals surface area (Å²) in [5, 5.41) is 4.08. The van der Waals surface area contributed by atoms with E-state index >= 15 is 0 Å². The van der Waals surface area contributed by atoms with Crippen LogP contribution in [0.25, 0.3) is 0 Å². The lowest BCUT2D eigenvalue weighted by Crippen LogP contribution is -1.90. The van der Waals surface area contributed by atoms with Crippen molar-refractivity contribution in [1.82, 2.24) is 9.78 Å². The number of aryl methyl sites for hydroxylation is 1. The highest BCUT2D eigenvalue weighted by Gasteiger charge is 2.03. The molecule has 0 amide bonds. The van der Waals surface area contributed by atoms with E-state index in [1.54, 1.807) is 22.5 Å². The van der Waals surface area contributed by atoms with Gasteiger partial charge in [-0.15, -0.1) is 11.8 Å². The van der Waals surface area contributed by atoms with Gasteiger partial charge in [0.05, 0.1) is 6.20 Å². The molecule has 0 saturated carbocycles. The van der Waals surface area contributed by atoms with Crippen LogP contribution in [0.1, 0.15) is 5.56 Å². The maximum atomic E-state index is 12.8. The van der Waals surface area contributed by atoms with Crippen LogP contribution in [0.5, 0.6) is 0 Å². The average Bonchev–Trinajstić information content (AvgIpc) is 2.63. The van der Waals surface area contributed by atoms with Crippen molar-refractivity contribution in [3.63, 3.8) is 0 Å². The lowest BCUT2D eigenvalue weighted by atomic mass is 10.3. The van der Waals surface area contributed by atoms with Crippen LogP contribution in [0.2, 0.25) is 0 Å². The van der Waals surface area contributed by atoms with Crippen molar-refractivity contribution in [3.05, 3.63) is 42.0 Å². The first-order valence-corrected chi connectivity index (χ1v) is 5.79. The second-order valence-electron chi connectivity index (χ2n) is 3.49. The summed E-state index contributed by atoms with van der Waals surface area (Å²) in [7, 11) is 1.88. The Morgan fingerprint density at radius 2 is 2.31 bits per heavy atom. The van der Waals surface area contributed by atoms with Gasteiger partial charge in [-0.1, -0.05) is 0 Å². The summed E-state index contributed by atoms with van der Waals surface area (Å²) < 4.78 is 14.6. The molecular formula is C11H12FN3S. The molecule has 2 rings (SSSR count). The molecule has 84 valence electrons. The summed E-state index contributed by atoms with van der Waals surface area (Å²) in [6.45, 7) is 0. The standard InChI is InChI=1S/C11H12FN3S/c1-15-6-8(5-14-15)7-16-11-3-2-9(12)4-10(11)13/h2-6H,7,13H2,1H3. The number of hydrogen-bond donors (Lipinski definition) is 1. The summed E-state index contributed by atoms with van der Waals surface area (Å²) >= 11 is 1.58. The van der Waals surface area contributed by atoms with Crippen LogP contribution in [0.3, 0.4) is 0 Å². The molecular weight excluding hydrogens is 225 g/mol. The van der Waals surface area contributed by atoms with Crippen LogP contribution in [0, 0.1) is 5.82 Å². The van der Waals surface area contributed by atoms with Crippen LogP contribution in [0.15, 0.2) is 35.5 Å². The Morgan fingerprint density at radius 1 is 1.50 bits per heavy atom. The van der Waals surface area contributed by atoms with Crippen LogP contribution in [-0.2, 0) is 12.8 Å². The molecule has 0 fully saturated rings. The molecule has 1 heterocycles. The number of anilines is 1. The predicted octanol–water partition coefficient (Wildman–Crippen LogP) is 2.43. The van der Waals surface area contributed by atoms with Crippen LogP contribution in [-0.4, -0.2) is 9.78 Å². The fourth-order valence-corrected chi connectivity index (χ4v) is 2.22. The van der Waals surface area contributed by atoms with Crippen molar-refractivity contribution in [2.45, 2.75) is 10.6 Å². The molecule has 0 aliphatic carbocycles. The number of nitrogen functional groups attached to an aromatic ring is 1. The summed E-state index contributed by atoms with van der Waals surface area (Å²) in [6, 6.07) is 4.46. The Bertz CT molecular complexity index is 496. The Hall–Kier alpha value is -1.49. The first-order valence-electron chi connectivity index (χ1n) is 4.80. The van der Waals surface area contributed by atoms with Gasteiger partial charge in [-0.25, -0.2) is 4.39 Å². The van der Waals surface area contributed by atoms with Gasteiger partial charge in [-0.3, -0.25) is 4.68 Å². The van der Waals surface area contributed by atoms with E-state index in [9.17, 15) is 4.39 Å². The second-order valence-corrected chi connectivity index (χ2v) is 4.51. The van der Waals surface area contributed by atoms with Gasteiger partial charge in [-0.2, -0.15) is 5.10 Å². The van der Waals surface area contributed by atoms with Crippen LogP contribution < -0.4 is 5.73 Å². The average molecular weight is 237 g/mol. The second kappa shape index (κ2) is 4.57. The van der Waals surface area contributed by atoms with Crippen molar-refractivity contribution in [2.75, 3.05) is 5.73 Å². The molecule has 0 aliphatic rings. The normalized spacial score (nSPS) is 10.6. The molecule has 0 radical (unpaired) electrons. The number of nitrogens with zero attached hydrogens (tertiary/aromatic N) is 2. The number of benzene rings is 1. The van der Waals surface area contributed by atoms with Gasteiger partial charge in [0.15, 0.2) is 0 Å². The minimum absolute atomic E-state index is 0.303. The van der Waals surface area contributed by atoms with E-state index in [0.717, 1.165) is 16.2 Å². The zero-order chi connectivity index (χ0) is 11.5. The number of halogens is 1. The van der Waals surface area contributed by atoms with Gasteiger partial charge in [0.25, 0.3) is 0 Å². The van der Waals surface area contributed by atoms with Crippen molar-refractivity contribution in [2.24, 2.45) is 7.05 Å². The third kappa shape index (κ3) is 2.55. The third-order valence-corrected chi connectivity index (χ3v) is 3.28. The van der Waals surface area contributed by atoms with E-state index in [0.29, 0.717) is 5.69 Å². The van der Waals surface area contributed by atoms with Gasteiger partial charge >= 0.3 is 0 Å². The summed E-state index contributed by atoms with van der Waals surface area (Å²) in [5.41, 5.74) is 7.31. The van der Waals surface area contributed by atoms with Gasteiger partial charge in [-0.05, 0) is 18.2 Å². The molecule has 2 N–H and O–H groups in total. The fourth-order valence-electron chi connectivity index (χ4n) is 1.36. The molecule has 0 unspecified atom stereocenters. The number of hydrogen-bond acceptors (Lipinski definition) is 3. The summed E-state index contributed by atoms with van der Waals surface area (Å²) in [5.74, 6) is 0.479. The van der Waals surface area contributed by atoms with Crippen LogP contribution >= 0.6 is 11.8 Å². The first kappa shape index (κ1) is 11.0. The zero-order valence-corrected chi connectivity index (χ0v) is 9.67. The monoisotopic (exact) mass is 237 g/mol. The highest BCUT2D eigenvalue weighted by molar-refractivity contribution is 7.98. The number of rotatable bonds is 3. The minimum atomic E-state index is -0.303. The molecule has 3 nitrogen and oxygen atoms in total. The minimum Gasteiger partial charge on any atom is -0.398 e. The molecule has 1 aromatic heterocycles. The zero-order valence-electron chi connectivity index (χ0n) is 8.85. The van der Waals surface area contributed by atoms with Gasteiger partial charge in [0, 0.05) is 35.1 Å². The molecule has 2 aromatic rings. The molecule has 0 aliphatic heterocycles. The maximum Gasteiger partial charge on any atom is 0.125 e. The van der Waals surface area contributed by atoms with E-state index < -0.39 is 0 Å². The summed E-state index contributed by atoms with van der Waals surface area (Å²) in [4.78, 5) is 0.894. The van der Waals surface area contributed by atoms with E-state index in [1.807, 2.05) is 19.4 Å². The quantitative estimate of drug-likeness (QED) is 0.658. The molecule has 0 bridgehead atoms. The van der Waals surface area contributed by atoms with Crippen molar-refractivity contribution >= 4 is 17.4 Å². The molecule has 5 heteroatoms. The van der Waals surface area contributed by atoms with Gasteiger partial charge in [0.1, 0.15) is 5.82 Å². The van der Waals surface area contributed by atoms with E-state index in [2.05, 4.69) is 5.10 Å². The fraction of sp³-hybridized carbons (Fsp3) is 0.182.